The largest absolute Gasteiger partial charge is 0.495 e. The van der Waals surface area contributed by atoms with Gasteiger partial charge in [-0.25, -0.2) is 8.42 Å². The van der Waals surface area contributed by atoms with Crippen LogP contribution in [0.2, 0.25) is 0 Å². The lowest BCUT2D eigenvalue weighted by Gasteiger charge is -2.24. The molecule has 1 rings (SSSR count). The molecule has 0 aliphatic heterocycles. The van der Waals surface area contributed by atoms with E-state index >= 15 is 0 Å². The van der Waals surface area contributed by atoms with Crippen molar-refractivity contribution < 1.29 is 17.9 Å². The van der Waals surface area contributed by atoms with Gasteiger partial charge >= 0.3 is 0 Å². The molecule has 0 bridgehead atoms. The number of ether oxygens (including phenoxy) is 1. The van der Waals surface area contributed by atoms with Gasteiger partial charge in [0.05, 0.1) is 19.1 Å². The average Bonchev–Trinajstić information content (AvgIpc) is 2.58. The quantitative estimate of drug-likeness (QED) is 0.636. The van der Waals surface area contributed by atoms with E-state index in [2.05, 4.69) is 19.2 Å². The van der Waals surface area contributed by atoms with Crippen LogP contribution in [0, 0.1) is 12.8 Å². The number of sulfonamides is 1. The van der Waals surface area contributed by atoms with Crippen molar-refractivity contribution in [3.63, 3.8) is 0 Å². The van der Waals surface area contributed by atoms with Crippen LogP contribution in [0.15, 0.2) is 18.2 Å². The Morgan fingerprint density at radius 3 is 2.54 bits per heavy atom. The number of unbranched alkanes of at least 4 members (excludes halogenated alkanes) is 1. The number of hydrogen-bond donors (Lipinski definition) is 1. The van der Waals surface area contributed by atoms with Gasteiger partial charge in [0.15, 0.2) is 0 Å². The van der Waals surface area contributed by atoms with E-state index in [-0.39, 0.29) is 12.5 Å². The Bertz CT molecular complexity index is 689. The maximum Gasteiger partial charge on any atom is 0.240 e. The summed E-state index contributed by atoms with van der Waals surface area (Å²) in [6.45, 7) is 6.42. The van der Waals surface area contributed by atoms with E-state index in [4.69, 9.17) is 4.74 Å². The van der Waals surface area contributed by atoms with Gasteiger partial charge in [-0.2, -0.15) is 0 Å². The molecular formula is C19H32N2O4S. The summed E-state index contributed by atoms with van der Waals surface area (Å²) in [7, 11) is -2.15. The maximum absolute atomic E-state index is 12.4. The summed E-state index contributed by atoms with van der Waals surface area (Å²) in [5.74, 6) is 0.524. The first-order chi connectivity index (χ1) is 12.2. The van der Waals surface area contributed by atoms with Crippen LogP contribution >= 0.6 is 0 Å². The molecule has 148 valence electrons. The molecule has 0 saturated carbocycles. The summed E-state index contributed by atoms with van der Waals surface area (Å²) >= 11 is 0. The van der Waals surface area contributed by atoms with Crippen LogP contribution in [0.4, 0.5) is 5.69 Å². The second-order valence-corrected chi connectivity index (χ2v) is 8.57. The molecule has 1 N–H and O–H groups in total. The van der Waals surface area contributed by atoms with Crippen LogP contribution in [-0.2, 0) is 14.8 Å². The Kier molecular flexibility index (Phi) is 8.92. The van der Waals surface area contributed by atoms with Crippen molar-refractivity contribution in [2.45, 2.75) is 46.5 Å². The van der Waals surface area contributed by atoms with Crippen molar-refractivity contribution in [1.82, 2.24) is 5.32 Å². The van der Waals surface area contributed by atoms with Crippen LogP contribution < -0.4 is 14.4 Å². The number of nitrogens with one attached hydrogen (secondary N) is 1. The normalized spacial score (nSPS) is 12.5. The first kappa shape index (κ1) is 22.3. The second-order valence-electron chi connectivity index (χ2n) is 6.67. The highest BCUT2D eigenvalue weighted by molar-refractivity contribution is 7.92. The molecule has 0 aliphatic carbocycles. The third-order valence-electron chi connectivity index (χ3n) is 4.42. The summed E-state index contributed by atoms with van der Waals surface area (Å²) in [5, 5.41) is 2.88. The fourth-order valence-electron chi connectivity index (χ4n) is 2.76. The number of nitrogens with zero attached hydrogens (tertiary/aromatic N) is 1. The molecule has 1 amide bonds. The molecule has 1 aromatic rings. The minimum Gasteiger partial charge on any atom is -0.495 e. The van der Waals surface area contributed by atoms with Gasteiger partial charge in [-0.1, -0.05) is 39.2 Å². The topological polar surface area (TPSA) is 75.7 Å². The van der Waals surface area contributed by atoms with Crippen molar-refractivity contribution in [1.29, 1.82) is 0 Å². The van der Waals surface area contributed by atoms with E-state index in [0.29, 0.717) is 23.9 Å². The summed E-state index contributed by atoms with van der Waals surface area (Å²) in [6, 6.07) is 5.25. The monoisotopic (exact) mass is 384 g/mol. The third kappa shape index (κ3) is 6.86. The van der Waals surface area contributed by atoms with Crippen LogP contribution in [0.5, 0.6) is 5.75 Å². The number of carbonyl (C=O) groups excluding carboxylic acids is 1. The molecule has 1 aromatic carbocycles. The van der Waals surface area contributed by atoms with Gasteiger partial charge in [0, 0.05) is 6.54 Å². The zero-order chi connectivity index (χ0) is 19.7. The van der Waals surface area contributed by atoms with Crippen molar-refractivity contribution in [2.24, 2.45) is 5.92 Å². The van der Waals surface area contributed by atoms with Crippen molar-refractivity contribution >= 4 is 21.6 Å². The third-order valence-corrected chi connectivity index (χ3v) is 5.55. The van der Waals surface area contributed by atoms with E-state index in [0.717, 1.165) is 41.8 Å². The molecule has 0 aliphatic rings. The molecule has 0 unspecified atom stereocenters. The molecule has 26 heavy (non-hydrogen) atoms. The van der Waals surface area contributed by atoms with E-state index in [1.165, 1.54) is 7.11 Å². The molecule has 0 heterocycles. The number of anilines is 1. The van der Waals surface area contributed by atoms with E-state index in [1.807, 2.05) is 13.0 Å². The van der Waals surface area contributed by atoms with Crippen LogP contribution in [0.3, 0.4) is 0 Å². The summed E-state index contributed by atoms with van der Waals surface area (Å²) in [5.41, 5.74) is 1.27. The number of rotatable bonds is 11. The molecule has 6 nitrogen and oxygen atoms in total. The number of methoxy groups -OCH3 is 1. The Hall–Kier alpha value is -1.76. The van der Waals surface area contributed by atoms with Gasteiger partial charge in [0.2, 0.25) is 15.9 Å². The van der Waals surface area contributed by atoms with E-state index < -0.39 is 10.0 Å². The average molecular weight is 385 g/mol. The fraction of sp³-hybridized carbons (Fsp3) is 0.632. The Balaban J connectivity index is 2.90. The fourth-order valence-corrected chi connectivity index (χ4v) is 3.62. The van der Waals surface area contributed by atoms with Gasteiger partial charge in [0.1, 0.15) is 12.3 Å². The highest BCUT2D eigenvalue weighted by Gasteiger charge is 2.24. The Labute approximate surface area is 158 Å². The zero-order valence-corrected chi connectivity index (χ0v) is 17.4. The summed E-state index contributed by atoms with van der Waals surface area (Å²) < 4.78 is 30.9. The minimum absolute atomic E-state index is 0.261. The summed E-state index contributed by atoms with van der Waals surface area (Å²) in [4.78, 5) is 12.4. The maximum atomic E-state index is 12.4. The second kappa shape index (κ2) is 10.4. The lowest BCUT2D eigenvalue weighted by molar-refractivity contribution is -0.119. The molecule has 7 heteroatoms. The SMILES string of the molecule is CCCC[C@H](CC)CNC(=O)CN(c1cc(C)ccc1OC)S(C)(=O)=O. The van der Waals surface area contributed by atoms with Gasteiger partial charge in [-0.05, 0) is 37.0 Å². The van der Waals surface area contributed by atoms with Gasteiger partial charge in [0.25, 0.3) is 0 Å². The lowest BCUT2D eigenvalue weighted by atomic mass is 9.99. The van der Waals surface area contributed by atoms with Crippen molar-refractivity contribution in [2.75, 3.05) is 30.8 Å². The van der Waals surface area contributed by atoms with E-state index in [1.54, 1.807) is 12.1 Å². The molecular weight excluding hydrogens is 352 g/mol. The molecule has 0 fully saturated rings. The molecule has 0 radical (unpaired) electrons. The predicted octanol–water partition coefficient (Wildman–Crippen LogP) is 3.10. The lowest BCUT2D eigenvalue weighted by Crippen LogP contribution is -2.41. The van der Waals surface area contributed by atoms with Crippen molar-refractivity contribution in [3.05, 3.63) is 23.8 Å². The number of aryl methyl sites for hydroxylation is 1. The minimum atomic E-state index is -3.63. The molecule has 0 saturated heterocycles. The van der Waals surface area contributed by atoms with Crippen molar-refractivity contribution in [3.8, 4) is 5.75 Å². The van der Waals surface area contributed by atoms with Gasteiger partial charge in [-0.3, -0.25) is 9.10 Å². The first-order valence-corrected chi connectivity index (χ1v) is 11.0. The predicted molar refractivity (Wildman–Crippen MR) is 106 cm³/mol. The van der Waals surface area contributed by atoms with Gasteiger partial charge in [-0.15, -0.1) is 0 Å². The van der Waals surface area contributed by atoms with Crippen LogP contribution in [0.25, 0.3) is 0 Å². The van der Waals surface area contributed by atoms with Gasteiger partial charge < -0.3 is 10.1 Å². The van der Waals surface area contributed by atoms with E-state index in [9.17, 15) is 13.2 Å². The zero-order valence-electron chi connectivity index (χ0n) is 16.5. The first-order valence-electron chi connectivity index (χ1n) is 9.11. The number of carbonyl (C=O) groups is 1. The molecule has 0 aromatic heterocycles. The van der Waals surface area contributed by atoms with Crippen LogP contribution in [0.1, 0.15) is 45.1 Å². The number of amides is 1. The molecule has 0 spiro atoms. The number of benzene rings is 1. The summed E-state index contributed by atoms with van der Waals surface area (Å²) in [6.07, 6.45) is 5.40. The molecule has 1 atom stereocenters. The standard InChI is InChI=1S/C19H32N2O4S/c1-6-8-9-16(7-2)13-20-19(22)14-21(26(5,23)24)17-12-15(3)10-11-18(17)25-4/h10-12,16H,6-9,13-14H2,1-5H3,(H,20,22)/t16-/m0/s1. The Morgan fingerprint density at radius 1 is 1.31 bits per heavy atom. The smallest absolute Gasteiger partial charge is 0.240 e. The number of hydrogen-bond acceptors (Lipinski definition) is 4. The van der Waals surface area contributed by atoms with Crippen LogP contribution in [-0.4, -0.2) is 40.8 Å². The Morgan fingerprint density at radius 2 is 2.00 bits per heavy atom. The highest BCUT2D eigenvalue weighted by Crippen LogP contribution is 2.30. The highest BCUT2D eigenvalue weighted by atomic mass is 32.2.